The van der Waals surface area contributed by atoms with Crippen molar-refractivity contribution in [1.82, 2.24) is 4.98 Å². The molecule has 138 valence electrons. The van der Waals surface area contributed by atoms with Crippen molar-refractivity contribution < 1.29 is 17.6 Å². The van der Waals surface area contributed by atoms with E-state index in [0.717, 1.165) is 6.07 Å². The predicted octanol–water partition coefficient (Wildman–Crippen LogP) is 4.44. The molecule has 0 unspecified atom stereocenters. The number of fused-ring (bicyclic) bond motifs is 1. The SMILES string of the molecule is O=C(c1ccccc1)c1cnc2ccc(F)cc2c1S(=O)(=O)c1ccccc1. The van der Waals surface area contributed by atoms with Crippen LogP contribution < -0.4 is 0 Å². The van der Waals surface area contributed by atoms with E-state index in [1.54, 1.807) is 48.5 Å². The third kappa shape index (κ3) is 3.08. The molecule has 4 aromatic rings. The fraction of sp³-hybridized carbons (Fsp3) is 0. The van der Waals surface area contributed by atoms with Gasteiger partial charge < -0.3 is 0 Å². The first-order chi connectivity index (χ1) is 13.5. The van der Waals surface area contributed by atoms with Crippen LogP contribution in [0.15, 0.2) is 94.9 Å². The molecule has 0 amide bonds. The Morgan fingerprint density at radius 2 is 1.50 bits per heavy atom. The molecule has 3 aromatic carbocycles. The molecular formula is C22H14FNO3S. The first kappa shape index (κ1) is 18.0. The molecule has 4 nitrogen and oxygen atoms in total. The normalized spacial score (nSPS) is 11.5. The number of hydrogen-bond donors (Lipinski definition) is 0. The number of sulfone groups is 1. The molecule has 1 heterocycles. The Morgan fingerprint density at radius 1 is 0.857 bits per heavy atom. The van der Waals surface area contributed by atoms with Gasteiger partial charge in [-0.15, -0.1) is 0 Å². The summed E-state index contributed by atoms with van der Waals surface area (Å²) in [5, 5.41) is 0.0747. The van der Waals surface area contributed by atoms with E-state index in [1.165, 1.54) is 30.5 Å². The van der Waals surface area contributed by atoms with Gasteiger partial charge in [-0.25, -0.2) is 12.8 Å². The summed E-state index contributed by atoms with van der Waals surface area (Å²) in [6.07, 6.45) is 1.24. The highest BCUT2D eigenvalue weighted by molar-refractivity contribution is 7.91. The summed E-state index contributed by atoms with van der Waals surface area (Å²) >= 11 is 0. The number of pyridine rings is 1. The number of benzene rings is 3. The Hall–Kier alpha value is -3.38. The van der Waals surface area contributed by atoms with Gasteiger partial charge >= 0.3 is 0 Å². The van der Waals surface area contributed by atoms with Crippen molar-refractivity contribution in [2.24, 2.45) is 0 Å². The smallest absolute Gasteiger partial charge is 0.208 e. The van der Waals surface area contributed by atoms with E-state index in [0.29, 0.717) is 11.1 Å². The molecule has 0 radical (unpaired) electrons. The maximum absolute atomic E-state index is 14.0. The van der Waals surface area contributed by atoms with Crippen LogP contribution in [-0.4, -0.2) is 19.2 Å². The molecular weight excluding hydrogens is 377 g/mol. The van der Waals surface area contributed by atoms with Crippen LogP contribution >= 0.6 is 0 Å². The molecule has 0 fully saturated rings. The van der Waals surface area contributed by atoms with Crippen LogP contribution in [0.1, 0.15) is 15.9 Å². The van der Waals surface area contributed by atoms with Gasteiger partial charge in [-0.2, -0.15) is 0 Å². The van der Waals surface area contributed by atoms with Crippen molar-refractivity contribution in [3.63, 3.8) is 0 Å². The highest BCUT2D eigenvalue weighted by atomic mass is 32.2. The number of rotatable bonds is 4. The van der Waals surface area contributed by atoms with E-state index in [4.69, 9.17) is 0 Å². The monoisotopic (exact) mass is 391 g/mol. The molecule has 0 N–H and O–H groups in total. The fourth-order valence-electron chi connectivity index (χ4n) is 3.05. The summed E-state index contributed by atoms with van der Waals surface area (Å²) in [7, 11) is -4.09. The van der Waals surface area contributed by atoms with Gasteiger partial charge in [-0.3, -0.25) is 9.78 Å². The highest BCUT2D eigenvalue weighted by Gasteiger charge is 2.28. The van der Waals surface area contributed by atoms with E-state index in [2.05, 4.69) is 4.98 Å². The van der Waals surface area contributed by atoms with Crippen LogP contribution in [0.2, 0.25) is 0 Å². The molecule has 0 bridgehead atoms. The number of ketones is 1. The summed E-state index contributed by atoms with van der Waals surface area (Å²) in [5.41, 5.74) is 0.526. The zero-order valence-corrected chi connectivity index (χ0v) is 15.4. The molecule has 6 heteroatoms. The fourth-order valence-corrected chi connectivity index (χ4v) is 4.69. The van der Waals surface area contributed by atoms with E-state index in [1.807, 2.05) is 0 Å². The standard InChI is InChI=1S/C22H14FNO3S/c23-16-11-12-20-18(13-16)22(28(26,27)17-9-5-2-6-10-17)19(14-24-20)21(25)15-7-3-1-4-8-15/h1-14H. The lowest BCUT2D eigenvalue weighted by Crippen LogP contribution is -2.12. The third-order valence-corrected chi connectivity index (χ3v) is 6.25. The summed E-state index contributed by atoms with van der Waals surface area (Å²) < 4.78 is 40.8. The predicted molar refractivity (Wildman–Crippen MR) is 103 cm³/mol. The largest absolute Gasteiger partial charge is 0.289 e. The lowest BCUT2D eigenvalue weighted by Gasteiger charge is -2.13. The van der Waals surface area contributed by atoms with Crippen LogP contribution in [0, 0.1) is 5.82 Å². The van der Waals surface area contributed by atoms with Crippen molar-refractivity contribution in [2.75, 3.05) is 0 Å². The lowest BCUT2D eigenvalue weighted by molar-refractivity contribution is 0.103. The summed E-state index contributed by atoms with van der Waals surface area (Å²) in [6, 6.07) is 19.8. The molecule has 28 heavy (non-hydrogen) atoms. The van der Waals surface area contributed by atoms with Gasteiger partial charge in [0.1, 0.15) is 5.82 Å². The van der Waals surface area contributed by atoms with Crippen LogP contribution in [-0.2, 0) is 9.84 Å². The van der Waals surface area contributed by atoms with Crippen molar-refractivity contribution in [3.8, 4) is 0 Å². The number of hydrogen-bond acceptors (Lipinski definition) is 4. The van der Waals surface area contributed by atoms with E-state index >= 15 is 0 Å². The zero-order valence-electron chi connectivity index (χ0n) is 14.5. The summed E-state index contributed by atoms with van der Waals surface area (Å²) in [4.78, 5) is 17.0. The molecule has 0 saturated carbocycles. The van der Waals surface area contributed by atoms with Crippen molar-refractivity contribution >= 4 is 26.5 Å². The van der Waals surface area contributed by atoms with Gasteiger partial charge in [-0.1, -0.05) is 48.5 Å². The minimum absolute atomic E-state index is 0.0221. The summed E-state index contributed by atoms with van der Waals surface area (Å²) in [5.74, 6) is -1.10. The highest BCUT2D eigenvalue weighted by Crippen LogP contribution is 2.32. The van der Waals surface area contributed by atoms with Gasteiger partial charge in [0, 0.05) is 17.1 Å². The Bertz CT molecular complexity index is 1290. The van der Waals surface area contributed by atoms with Gasteiger partial charge in [0.15, 0.2) is 5.78 Å². The Kier molecular flexibility index (Phi) is 4.49. The van der Waals surface area contributed by atoms with Crippen molar-refractivity contribution in [1.29, 1.82) is 0 Å². The van der Waals surface area contributed by atoms with Crippen molar-refractivity contribution in [3.05, 3.63) is 102 Å². The van der Waals surface area contributed by atoms with Gasteiger partial charge in [-0.05, 0) is 30.3 Å². The average molecular weight is 391 g/mol. The minimum Gasteiger partial charge on any atom is -0.289 e. The molecule has 0 saturated heterocycles. The topological polar surface area (TPSA) is 64.1 Å². The number of carbonyl (C=O) groups is 1. The van der Waals surface area contributed by atoms with Crippen molar-refractivity contribution in [2.45, 2.75) is 9.79 Å². The lowest BCUT2D eigenvalue weighted by atomic mass is 10.0. The quantitative estimate of drug-likeness (QED) is 0.483. The van der Waals surface area contributed by atoms with E-state index in [9.17, 15) is 17.6 Å². The molecule has 0 aliphatic heterocycles. The first-order valence-corrected chi connectivity index (χ1v) is 9.95. The first-order valence-electron chi connectivity index (χ1n) is 8.46. The molecule has 4 rings (SSSR count). The Labute approximate surface area is 161 Å². The molecule has 1 aromatic heterocycles. The van der Waals surface area contributed by atoms with Gasteiger partial charge in [0.25, 0.3) is 0 Å². The van der Waals surface area contributed by atoms with Crippen LogP contribution in [0.4, 0.5) is 4.39 Å². The number of nitrogens with zero attached hydrogens (tertiary/aromatic N) is 1. The Morgan fingerprint density at radius 3 is 2.18 bits per heavy atom. The zero-order chi connectivity index (χ0) is 19.7. The molecule has 0 atom stereocenters. The number of halogens is 1. The maximum Gasteiger partial charge on any atom is 0.208 e. The second kappa shape index (κ2) is 6.98. The van der Waals surface area contributed by atoms with Gasteiger partial charge in [0.2, 0.25) is 9.84 Å². The third-order valence-electron chi connectivity index (χ3n) is 4.38. The minimum atomic E-state index is -4.09. The van der Waals surface area contributed by atoms with E-state index in [-0.39, 0.29) is 20.7 Å². The Balaban J connectivity index is 2.07. The second-order valence-corrected chi connectivity index (χ2v) is 8.06. The van der Waals surface area contributed by atoms with Crippen LogP contribution in [0.3, 0.4) is 0 Å². The summed E-state index contributed by atoms with van der Waals surface area (Å²) in [6.45, 7) is 0. The van der Waals surface area contributed by atoms with Gasteiger partial charge in [0.05, 0.1) is 20.9 Å². The van der Waals surface area contributed by atoms with Crippen LogP contribution in [0.25, 0.3) is 10.9 Å². The second-order valence-electron chi connectivity index (χ2n) is 6.17. The van der Waals surface area contributed by atoms with E-state index < -0.39 is 21.4 Å². The number of carbonyl (C=O) groups excluding carboxylic acids is 1. The number of aromatic nitrogens is 1. The average Bonchev–Trinajstić information content (AvgIpc) is 2.73. The molecule has 0 spiro atoms. The molecule has 0 aliphatic rings. The maximum atomic E-state index is 14.0. The molecule has 0 aliphatic carbocycles. The van der Waals surface area contributed by atoms with Crippen LogP contribution in [0.5, 0.6) is 0 Å².